The SMILES string of the molecule is NC1CCC(N[C@@H]2C[C@@H]2c2cc(C(=O)NC3CCC(F)(F)CC3)cs2)CC1. The van der Waals surface area contributed by atoms with E-state index in [0.717, 1.165) is 32.1 Å². The summed E-state index contributed by atoms with van der Waals surface area (Å²) in [5.74, 6) is -2.19. The van der Waals surface area contributed by atoms with E-state index in [9.17, 15) is 13.6 Å². The number of nitrogens with two attached hydrogens (primary N) is 1. The van der Waals surface area contributed by atoms with E-state index in [1.54, 1.807) is 11.3 Å². The summed E-state index contributed by atoms with van der Waals surface area (Å²) in [5.41, 5.74) is 6.64. The van der Waals surface area contributed by atoms with Gasteiger partial charge in [-0.25, -0.2) is 8.78 Å². The molecular formula is C20H29F2N3OS. The molecule has 1 aromatic heterocycles. The fourth-order valence-corrected chi connectivity index (χ4v) is 5.47. The van der Waals surface area contributed by atoms with Gasteiger partial charge in [0.1, 0.15) is 0 Å². The highest BCUT2D eigenvalue weighted by Gasteiger charge is 2.41. The van der Waals surface area contributed by atoms with E-state index in [1.165, 1.54) is 4.88 Å². The van der Waals surface area contributed by atoms with Crippen LogP contribution in [0.5, 0.6) is 0 Å². The molecule has 4 N–H and O–H groups in total. The fourth-order valence-electron chi connectivity index (χ4n) is 4.40. The van der Waals surface area contributed by atoms with Crippen LogP contribution in [0.2, 0.25) is 0 Å². The number of thiophene rings is 1. The lowest BCUT2D eigenvalue weighted by molar-refractivity contribution is -0.0399. The first kappa shape index (κ1) is 19.3. The van der Waals surface area contributed by atoms with Crippen LogP contribution < -0.4 is 16.4 Å². The number of carbonyl (C=O) groups is 1. The van der Waals surface area contributed by atoms with Crippen LogP contribution in [0.15, 0.2) is 11.4 Å². The molecule has 27 heavy (non-hydrogen) atoms. The third-order valence-electron chi connectivity index (χ3n) is 6.31. The summed E-state index contributed by atoms with van der Waals surface area (Å²) in [4.78, 5) is 13.7. The molecule has 1 heterocycles. The lowest BCUT2D eigenvalue weighted by Crippen LogP contribution is -2.40. The summed E-state index contributed by atoms with van der Waals surface area (Å²) in [6, 6.07) is 3.31. The molecule has 0 saturated heterocycles. The first-order chi connectivity index (χ1) is 12.9. The highest BCUT2D eigenvalue weighted by Crippen LogP contribution is 2.44. The Balaban J connectivity index is 1.25. The molecule has 3 aliphatic carbocycles. The first-order valence-corrected chi connectivity index (χ1v) is 11.1. The Kier molecular flexibility index (Phi) is 5.54. The summed E-state index contributed by atoms with van der Waals surface area (Å²) in [7, 11) is 0. The molecule has 7 heteroatoms. The quantitative estimate of drug-likeness (QED) is 0.708. The molecule has 0 spiro atoms. The van der Waals surface area contributed by atoms with Gasteiger partial charge in [-0.3, -0.25) is 4.79 Å². The molecule has 4 rings (SSSR count). The monoisotopic (exact) mass is 397 g/mol. The van der Waals surface area contributed by atoms with E-state index in [-0.39, 0.29) is 24.8 Å². The highest BCUT2D eigenvalue weighted by molar-refractivity contribution is 7.10. The van der Waals surface area contributed by atoms with Crippen LogP contribution in [-0.4, -0.2) is 36.0 Å². The van der Waals surface area contributed by atoms with Crippen LogP contribution in [0.1, 0.15) is 78.9 Å². The molecule has 4 nitrogen and oxygen atoms in total. The maximum Gasteiger partial charge on any atom is 0.252 e. The average molecular weight is 398 g/mol. The maximum absolute atomic E-state index is 13.2. The van der Waals surface area contributed by atoms with Gasteiger partial charge in [-0.2, -0.15) is 0 Å². The minimum absolute atomic E-state index is 0.126. The lowest BCUT2D eigenvalue weighted by atomic mass is 9.92. The number of hydrogen-bond donors (Lipinski definition) is 3. The van der Waals surface area contributed by atoms with Crippen LogP contribution in [0.25, 0.3) is 0 Å². The third kappa shape index (κ3) is 4.87. The van der Waals surface area contributed by atoms with Crippen molar-refractivity contribution < 1.29 is 13.6 Å². The molecule has 1 aromatic rings. The molecular weight excluding hydrogens is 368 g/mol. The second-order valence-electron chi connectivity index (χ2n) is 8.57. The molecule has 0 aliphatic heterocycles. The van der Waals surface area contributed by atoms with Crippen LogP contribution in [-0.2, 0) is 0 Å². The molecule has 3 aliphatic rings. The minimum Gasteiger partial charge on any atom is -0.349 e. The lowest BCUT2D eigenvalue weighted by Gasteiger charge is -2.28. The van der Waals surface area contributed by atoms with Gasteiger partial charge in [0.25, 0.3) is 5.91 Å². The van der Waals surface area contributed by atoms with E-state index in [2.05, 4.69) is 10.6 Å². The Labute approximate surface area is 163 Å². The Morgan fingerprint density at radius 3 is 2.52 bits per heavy atom. The zero-order valence-corrected chi connectivity index (χ0v) is 16.4. The van der Waals surface area contributed by atoms with Crippen LogP contribution in [0.4, 0.5) is 8.78 Å². The Morgan fingerprint density at radius 2 is 1.81 bits per heavy atom. The number of nitrogens with one attached hydrogen (secondary N) is 2. The zero-order chi connectivity index (χ0) is 19.0. The van der Waals surface area contributed by atoms with Crippen molar-refractivity contribution in [1.29, 1.82) is 0 Å². The second kappa shape index (κ2) is 7.76. The van der Waals surface area contributed by atoms with Crippen molar-refractivity contribution in [2.45, 2.75) is 93.8 Å². The second-order valence-corrected chi connectivity index (χ2v) is 9.51. The van der Waals surface area contributed by atoms with E-state index >= 15 is 0 Å². The summed E-state index contributed by atoms with van der Waals surface area (Å²) in [6.07, 6.45) is 6.10. The standard InChI is InChI=1S/C20H29F2N3OS/c21-20(22)7-5-15(6-8-20)25-19(26)12-9-18(27-11-12)16-10-17(16)24-14-3-1-13(23)2-4-14/h9,11,13-17,24H,1-8,10,23H2,(H,25,26)/t13?,14?,16-,17+/m0/s1. The molecule has 3 fully saturated rings. The van der Waals surface area contributed by atoms with Crippen molar-refractivity contribution in [3.8, 4) is 0 Å². The van der Waals surface area contributed by atoms with Gasteiger partial charge in [-0.1, -0.05) is 0 Å². The number of amides is 1. The van der Waals surface area contributed by atoms with Crippen LogP contribution in [0.3, 0.4) is 0 Å². The summed E-state index contributed by atoms with van der Waals surface area (Å²) in [5, 5.41) is 8.59. The Morgan fingerprint density at radius 1 is 1.11 bits per heavy atom. The number of halogens is 2. The third-order valence-corrected chi connectivity index (χ3v) is 7.38. The predicted molar refractivity (Wildman–Crippen MR) is 104 cm³/mol. The van der Waals surface area contributed by atoms with E-state index < -0.39 is 5.92 Å². The van der Waals surface area contributed by atoms with Crippen molar-refractivity contribution in [3.63, 3.8) is 0 Å². The van der Waals surface area contributed by atoms with Gasteiger partial charge in [-0.05, 0) is 51.0 Å². The van der Waals surface area contributed by atoms with Crippen molar-refractivity contribution in [2.24, 2.45) is 5.73 Å². The average Bonchev–Trinajstić information content (AvgIpc) is 3.21. The highest BCUT2D eigenvalue weighted by atomic mass is 32.1. The van der Waals surface area contributed by atoms with Gasteiger partial charge in [-0.15, -0.1) is 11.3 Å². The molecule has 0 aromatic carbocycles. The number of rotatable bonds is 5. The summed E-state index contributed by atoms with van der Waals surface area (Å²) < 4.78 is 26.5. The molecule has 2 atom stereocenters. The Hall–Kier alpha value is -1.05. The molecule has 0 radical (unpaired) electrons. The molecule has 0 unspecified atom stereocenters. The van der Waals surface area contributed by atoms with E-state index in [0.29, 0.717) is 42.4 Å². The number of alkyl halides is 2. The van der Waals surface area contributed by atoms with Crippen molar-refractivity contribution in [2.75, 3.05) is 0 Å². The molecule has 150 valence electrons. The topological polar surface area (TPSA) is 67.1 Å². The molecule has 0 bridgehead atoms. The van der Waals surface area contributed by atoms with Crippen molar-refractivity contribution >= 4 is 17.2 Å². The van der Waals surface area contributed by atoms with E-state index in [1.807, 2.05) is 11.4 Å². The normalized spacial score (nSPS) is 33.6. The maximum atomic E-state index is 13.2. The summed E-state index contributed by atoms with van der Waals surface area (Å²) >= 11 is 1.64. The van der Waals surface area contributed by atoms with Crippen LogP contribution in [0, 0.1) is 0 Å². The first-order valence-electron chi connectivity index (χ1n) is 10.2. The number of carbonyl (C=O) groups excluding carboxylic acids is 1. The smallest absolute Gasteiger partial charge is 0.252 e. The van der Waals surface area contributed by atoms with Gasteiger partial charge in [0.05, 0.1) is 5.56 Å². The molecule has 3 saturated carbocycles. The minimum atomic E-state index is -2.56. The summed E-state index contributed by atoms with van der Waals surface area (Å²) in [6.45, 7) is 0. The Bertz CT molecular complexity index is 662. The van der Waals surface area contributed by atoms with Crippen LogP contribution >= 0.6 is 11.3 Å². The van der Waals surface area contributed by atoms with Gasteiger partial charge < -0.3 is 16.4 Å². The molecule has 1 amide bonds. The van der Waals surface area contributed by atoms with Gasteiger partial charge in [0.15, 0.2) is 0 Å². The largest absolute Gasteiger partial charge is 0.349 e. The van der Waals surface area contributed by atoms with Gasteiger partial charge >= 0.3 is 0 Å². The van der Waals surface area contributed by atoms with E-state index in [4.69, 9.17) is 5.73 Å². The zero-order valence-electron chi connectivity index (χ0n) is 15.6. The number of hydrogen-bond acceptors (Lipinski definition) is 4. The van der Waals surface area contributed by atoms with Gasteiger partial charge in [0.2, 0.25) is 5.92 Å². The van der Waals surface area contributed by atoms with Crippen molar-refractivity contribution in [3.05, 3.63) is 21.9 Å². The van der Waals surface area contributed by atoms with Crippen molar-refractivity contribution in [1.82, 2.24) is 10.6 Å². The fraction of sp³-hybridized carbons (Fsp3) is 0.750. The predicted octanol–water partition coefficient (Wildman–Crippen LogP) is 3.77. The van der Waals surface area contributed by atoms with Gasteiger partial charge in [0, 0.05) is 53.2 Å².